The predicted molar refractivity (Wildman–Crippen MR) is 115 cm³/mol. The number of carbonyl (C=O) groups excluding carboxylic acids is 1. The molecule has 0 spiro atoms. The fraction of sp³-hybridized carbons (Fsp3) is 0.375. The Balaban J connectivity index is 1.22. The summed E-state index contributed by atoms with van der Waals surface area (Å²) < 4.78 is 5.31. The molecule has 0 radical (unpaired) electrons. The van der Waals surface area contributed by atoms with Crippen molar-refractivity contribution < 1.29 is 9.32 Å². The molecule has 6 nitrogen and oxygen atoms in total. The molecule has 0 unspecified atom stereocenters. The van der Waals surface area contributed by atoms with Crippen LogP contribution in [0.5, 0.6) is 0 Å². The van der Waals surface area contributed by atoms with Crippen molar-refractivity contribution >= 4 is 5.91 Å². The molecule has 2 aromatic carbocycles. The van der Waals surface area contributed by atoms with Gasteiger partial charge in [-0.1, -0.05) is 59.8 Å². The van der Waals surface area contributed by atoms with Crippen molar-refractivity contribution in [2.24, 2.45) is 0 Å². The molecular formula is C24H28N4O2. The summed E-state index contributed by atoms with van der Waals surface area (Å²) >= 11 is 0. The summed E-state index contributed by atoms with van der Waals surface area (Å²) in [6.45, 7) is 3.87. The Bertz CT molecular complexity index is 949. The van der Waals surface area contributed by atoms with Crippen molar-refractivity contribution in [3.8, 4) is 11.4 Å². The van der Waals surface area contributed by atoms with Gasteiger partial charge in [-0.2, -0.15) is 4.98 Å². The lowest BCUT2D eigenvalue weighted by atomic mass is 10.1. The van der Waals surface area contributed by atoms with Gasteiger partial charge >= 0.3 is 0 Å². The number of benzene rings is 2. The largest absolute Gasteiger partial charge is 0.352 e. The fourth-order valence-corrected chi connectivity index (χ4v) is 3.81. The van der Waals surface area contributed by atoms with Gasteiger partial charge in [0, 0.05) is 31.5 Å². The highest BCUT2D eigenvalue weighted by Crippen LogP contribution is 2.17. The van der Waals surface area contributed by atoms with Crippen molar-refractivity contribution in [3.05, 3.63) is 71.6 Å². The Morgan fingerprint density at radius 2 is 1.73 bits per heavy atom. The summed E-state index contributed by atoms with van der Waals surface area (Å²) in [6, 6.07) is 18.1. The maximum Gasteiger partial charge on any atom is 0.226 e. The summed E-state index contributed by atoms with van der Waals surface area (Å²) in [5, 5.41) is 7.08. The van der Waals surface area contributed by atoms with Crippen molar-refractivity contribution in [2.75, 3.05) is 13.1 Å². The molecule has 4 rings (SSSR count). The molecule has 1 N–H and O–H groups in total. The van der Waals surface area contributed by atoms with Gasteiger partial charge in [-0.3, -0.25) is 9.69 Å². The van der Waals surface area contributed by atoms with Gasteiger partial charge in [0.05, 0.1) is 0 Å². The lowest BCUT2D eigenvalue weighted by molar-refractivity contribution is -0.121. The topological polar surface area (TPSA) is 71.3 Å². The number of aromatic nitrogens is 2. The summed E-state index contributed by atoms with van der Waals surface area (Å²) in [5.74, 6) is 1.20. The Kier molecular flexibility index (Phi) is 6.87. The van der Waals surface area contributed by atoms with Crippen LogP contribution >= 0.6 is 0 Å². The zero-order valence-electron chi connectivity index (χ0n) is 17.2. The van der Waals surface area contributed by atoms with Crippen LogP contribution in [0, 0.1) is 0 Å². The second-order valence-electron chi connectivity index (χ2n) is 7.76. The maximum absolute atomic E-state index is 12.3. The first-order valence-electron chi connectivity index (χ1n) is 10.7. The third-order valence-corrected chi connectivity index (χ3v) is 5.48. The number of hydrogen-bond donors (Lipinski definition) is 1. The van der Waals surface area contributed by atoms with Gasteiger partial charge in [-0.15, -0.1) is 0 Å². The minimum absolute atomic E-state index is 0.0498. The van der Waals surface area contributed by atoms with E-state index in [1.54, 1.807) is 0 Å². The molecule has 0 atom stereocenters. The van der Waals surface area contributed by atoms with E-state index < -0.39 is 0 Å². The highest BCUT2D eigenvalue weighted by Gasteiger charge is 2.14. The molecule has 156 valence electrons. The first-order chi connectivity index (χ1) is 14.8. The van der Waals surface area contributed by atoms with Gasteiger partial charge in [-0.25, -0.2) is 0 Å². The summed E-state index contributed by atoms with van der Waals surface area (Å²) in [4.78, 5) is 19.2. The standard InChI is InChI=1S/C24H28N4O2/c29-22(13-8-14-23-26-24(27-30-23)19-9-2-1-3-10-19)25-17-20-11-4-5-12-21(20)18-28-15-6-7-16-28/h1-5,9-12H,6-8,13-18H2,(H,25,29). The molecule has 2 heterocycles. The summed E-state index contributed by atoms with van der Waals surface area (Å²) in [5.41, 5.74) is 3.43. The Labute approximate surface area is 177 Å². The molecule has 1 saturated heterocycles. The van der Waals surface area contributed by atoms with Crippen molar-refractivity contribution in [1.29, 1.82) is 0 Å². The van der Waals surface area contributed by atoms with Crippen LogP contribution in [0.1, 0.15) is 42.7 Å². The lowest BCUT2D eigenvalue weighted by Crippen LogP contribution is -2.24. The summed E-state index contributed by atoms with van der Waals surface area (Å²) in [6.07, 6.45) is 4.28. The van der Waals surface area contributed by atoms with Crippen molar-refractivity contribution in [3.63, 3.8) is 0 Å². The fourth-order valence-electron chi connectivity index (χ4n) is 3.81. The van der Waals surface area contributed by atoms with Gasteiger partial charge in [0.2, 0.25) is 17.6 Å². The normalized spacial score (nSPS) is 14.1. The smallest absolute Gasteiger partial charge is 0.226 e. The molecule has 3 aromatic rings. The predicted octanol–water partition coefficient (Wildman–Crippen LogP) is 3.97. The number of aryl methyl sites for hydroxylation is 1. The van der Waals surface area contributed by atoms with E-state index in [1.165, 1.54) is 37.1 Å². The quantitative estimate of drug-likeness (QED) is 0.584. The number of carbonyl (C=O) groups is 1. The highest BCUT2D eigenvalue weighted by molar-refractivity contribution is 5.75. The third kappa shape index (κ3) is 5.54. The minimum atomic E-state index is 0.0498. The van der Waals surface area contributed by atoms with Crippen LogP contribution in [-0.2, 0) is 24.3 Å². The van der Waals surface area contributed by atoms with E-state index in [1.807, 2.05) is 36.4 Å². The minimum Gasteiger partial charge on any atom is -0.352 e. The van der Waals surface area contributed by atoms with Crippen molar-refractivity contribution in [1.82, 2.24) is 20.4 Å². The molecule has 6 heteroatoms. The van der Waals surface area contributed by atoms with Crippen LogP contribution in [0.15, 0.2) is 59.1 Å². The van der Waals surface area contributed by atoms with Crippen LogP contribution in [0.2, 0.25) is 0 Å². The van der Waals surface area contributed by atoms with Gasteiger partial charge < -0.3 is 9.84 Å². The molecule has 0 bridgehead atoms. The molecule has 1 amide bonds. The first kappa shape index (κ1) is 20.3. The second-order valence-corrected chi connectivity index (χ2v) is 7.76. The van der Waals surface area contributed by atoms with E-state index in [9.17, 15) is 4.79 Å². The van der Waals surface area contributed by atoms with E-state index in [4.69, 9.17) is 4.52 Å². The van der Waals surface area contributed by atoms with Gasteiger partial charge in [-0.05, 0) is 43.5 Å². The van der Waals surface area contributed by atoms with E-state index in [-0.39, 0.29) is 5.91 Å². The summed E-state index contributed by atoms with van der Waals surface area (Å²) in [7, 11) is 0. The van der Waals surface area contributed by atoms with Gasteiger partial charge in [0.25, 0.3) is 0 Å². The third-order valence-electron chi connectivity index (χ3n) is 5.48. The van der Waals surface area contributed by atoms with E-state index in [0.29, 0.717) is 37.5 Å². The van der Waals surface area contributed by atoms with Crippen LogP contribution in [-0.4, -0.2) is 34.0 Å². The molecule has 1 aromatic heterocycles. The Hall–Kier alpha value is -2.99. The second kappa shape index (κ2) is 10.2. The SMILES string of the molecule is O=C(CCCc1nc(-c2ccccc2)no1)NCc1ccccc1CN1CCCC1. The molecule has 1 aliphatic rings. The van der Waals surface area contributed by atoms with E-state index in [2.05, 4.69) is 38.6 Å². The molecular weight excluding hydrogens is 376 g/mol. The van der Waals surface area contributed by atoms with Gasteiger partial charge in [0.1, 0.15) is 0 Å². The highest BCUT2D eigenvalue weighted by atomic mass is 16.5. The molecule has 1 fully saturated rings. The molecule has 0 saturated carbocycles. The number of hydrogen-bond acceptors (Lipinski definition) is 5. The number of amides is 1. The number of likely N-dealkylation sites (tertiary alicyclic amines) is 1. The first-order valence-corrected chi connectivity index (χ1v) is 10.7. The molecule has 30 heavy (non-hydrogen) atoms. The monoisotopic (exact) mass is 404 g/mol. The number of nitrogens with one attached hydrogen (secondary N) is 1. The Morgan fingerprint density at radius 3 is 2.53 bits per heavy atom. The van der Waals surface area contributed by atoms with Crippen LogP contribution < -0.4 is 5.32 Å². The zero-order chi connectivity index (χ0) is 20.6. The Morgan fingerprint density at radius 1 is 1.00 bits per heavy atom. The van der Waals surface area contributed by atoms with Crippen LogP contribution in [0.25, 0.3) is 11.4 Å². The maximum atomic E-state index is 12.3. The van der Waals surface area contributed by atoms with Crippen LogP contribution in [0.4, 0.5) is 0 Å². The average Bonchev–Trinajstić information content (AvgIpc) is 3.46. The van der Waals surface area contributed by atoms with E-state index >= 15 is 0 Å². The van der Waals surface area contributed by atoms with Gasteiger partial charge in [0.15, 0.2) is 0 Å². The zero-order valence-corrected chi connectivity index (χ0v) is 17.2. The van der Waals surface area contributed by atoms with Crippen LogP contribution in [0.3, 0.4) is 0 Å². The van der Waals surface area contributed by atoms with E-state index in [0.717, 1.165) is 12.1 Å². The molecule has 1 aliphatic heterocycles. The average molecular weight is 405 g/mol. The lowest BCUT2D eigenvalue weighted by Gasteiger charge is -2.17. The number of rotatable bonds is 9. The molecule has 0 aliphatic carbocycles. The van der Waals surface area contributed by atoms with Crippen molar-refractivity contribution in [2.45, 2.75) is 45.2 Å². The number of nitrogens with zero attached hydrogens (tertiary/aromatic N) is 3.